The maximum absolute atomic E-state index is 12.6. The molecule has 2 atom stereocenters. The second-order valence-electron chi connectivity index (χ2n) is 5.64. The third kappa shape index (κ3) is 3.65. The number of nitrogens with zero attached hydrogens (tertiary/aromatic N) is 2. The number of likely N-dealkylation sites (N-methyl/N-ethyl adjacent to an activating group) is 1. The summed E-state index contributed by atoms with van der Waals surface area (Å²) >= 11 is 0. The van der Waals surface area contributed by atoms with Crippen LogP contribution >= 0.6 is 12.4 Å². The zero-order chi connectivity index (χ0) is 15.5. The van der Waals surface area contributed by atoms with E-state index < -0.39 is 12.1 Å². The number of nitrogens with one attached hydrogen (secondary N) is 1. The lowest BCUT2D eigenvalue weighted by Gasteiger charge is -2.30. The predicted octanol–water partition coefficient (Wildman–Crippen LogP) is 0.661. The highest BCUT2D eigenvalue weighted by atomic mass is 35.5. The number of hydrogen-bond donors (Lipinski definition) is 1. The number of halogens is 1. The SMILES string of the molecule is CN(C(=O)C1CNCCO1)C1CCN(c2ccccc2)C1=O.Cl. The molecule has 6 nitrogen and oxygen atoms in total. The minimum absolute atomic E-state index is 0. The van der Waals surface area contributed by atoms with Crippen LogP contribution in [0.15, 0.2) is 30.3 Å². The van der Waals surface area contributed by atoms with E-state index in [1.807, 2.05) is 30.3 Å². The van der Waals surface area contributed by atoms with Gasteiger partial charge in [0.1, 0.15) is 12.1 Å². The van der Waals surface area contributed by atoms with Gasteiger partial charge in [-0.2, -0.15) is 0 Å². The Morgan fingerprint density at radius 1 is 1.35 bits per heavy atom. The molecule has 0 bridgehead atoms. The maximum atomic E-state index is 12.6. The van der Waals surface area contributed by atoms with E-state index in [-0.39, 0.29) is 24.2 Å². The van der Waals surface area contributed by atoms with E-state index in [9.17, 15) is 9.59 Å². The summed E-state index contributed by atoms with van der Waals surface area (Å²) in [5.41, 5.74) is 0.881. The Labute approximate surface area is 142 Å². The fraction of sp³-hybridized carbons (Fsp3) is 0.500. The molecule has 2 saturated heterocycles. The lowest BCUT2D eigenvalue weighted by molar-refractivity contribution is -0.148. The van der Waals surface area contributed by atoms with E-state index in [1.165, 1.54) is 0 Å². The molecule has 1 aromatic rings. The molecule has 0 spiro atoms. The van der Waals surface area contributed by atoms with Crippen LogP contribution in [0.2, 0.25) is 0 Å². The zero-order valence-corrected chi connectivity index (χ0v) is 13.9. The van der Waals surface area contributed by atoms with E-state index in [0.29, 0.717) is 26.1 Å². The standard InChI is InChI=1S/C16H21N3O3.ClH/c1-18(16(21)14-11-17-8-10-22-14)13-7-9-19(15(13)20)12-5-3-2-4-6-12;/h2-6,13-14,17H,7-11H2,1H3;1H. The number of para-hydroxylation sites is 1. The molecular formula is C16H22ClN3O3. The number of morpholine rings is 1. The molecule has 0 saturated carbocycles. The van der Waals surface area contributed by atoms with Gasteiger partial charge in [0.05, 0.1) is 6.61 Å². The number of rotatable bonds is 3. The number of ether oxygens (including phenoxy) is 1. The minimum Gasteiger partial charge on any atom is -0.366 e. The summed E-state index contributed by atoms with van der Waals surface area (Å²) in [5, 5.41) is 3.14. The topological polar surface area (TPSA) is 61.9 Å². The number of hydrogen-bond acceptors (Lipinski definition) is 4. The fourth-order valence-corrected chi connectivity index (χ4v) is 2.99. The second-order valence-corrected chi connectivity index (χ2v) is 5.64. The summed E-state index contributed by atoms with van der Waals surface area (Å²) < 4.78 is 5.49. The van der Waals surface area contributed by atoms with Gasteiger partial charge >= 0.3 is 0 Å². The molecule has 2 aliphatic rings. The molecule has 2 fully saturated rings. The lowest BCUT2D eigenvalue weighted by Crippen LogP contribution is -2.52. The second kappa shape index (κ2) is 7.77. The van der Waals surface area contributed by atoms with Crippen molar-refractivity contribution in [1.82, 2.24) is 10.2 Å². The van der Waals surface area contributed by atoms with Crippen molar-refractivity contribution in [1.29, 1.82) is 0 Å². The molecule has 0 aliphatic carbocycles. The summed E-state index contributed by atoms with van der Waals surface area (Å²) in [6.07, 6.45) is 0.160. The Hall–Kier alpha value is -1.63. The van der Waals surface area contributed by atoms with Crippen molar-refractivity contribution >= 4 is 29.9 Å². The quantitative estimate of drug-likeness (QED) is 0.879. The zero-order valence-electron chi connectivity index (χ0n) is 13.1. The van der Waals surface area contributed by atoms with Crippen LogP contribution in [0.5, 0.6) is 0 Å². The number of anilines is 1. The van der Waals surface area contributed by atoms with E-state index in [2.05, 4.69) is 5.32 Å². The Morgan fingerprint density at radius 2 is 2.09 bits per heavy atom. The molecule has 2 unspecified atom stereocenters. The molecule has 2 amide bonds. The van der Waals surface area contributed by atoms with Gasteiger partial charge in [0.25, 0.3) is 5.91 Å². The molecule has 1 N–H and O–H groups in total. The van der Waals surface area contributed by atoms with E-state index in [4.69, 9.17) is 4.74 Å². The Kier molecular flexibility index (Phi) is 5.98. The summed E-state index contributed by atoms with van der Waals surface area (Å²) in [4.78, 5) is 28.4. The van der Waals surface area contributed by atoms with E-state index >= 15 is 0 Å². The minimum atomic E-state index is -0.489. The predicted molar refractivity (Wildman–Crippen MR) is 89.8 cm³/mol. The van der Waals surface area contributed by atoms with Crippen molar-refractivity contribution < 1.29 is 14.3 Å². The van der Waals surface area contributed by atoms with Gasteiger partial charge in [0.15, 0.2) is 0 Å². The van der Waals surface area contributed by atoms with Gasteiger partial charge in [-0.25, -0.2) is 0 Å². The van der Waals surface area contributed by atoms with Crippen LogP contribution in [-0.4, -0.2) is 62.1 Å². The van der Waals surface area contributed by atoms with Crippen LogP contribution in [0, 0.1) is 0 Å². The van der Waals surface area contributed by atoms with Crippen LogP contribution in [0.3, 0.4) is 0 Å². The average molecular weight is 340 g/mol. The smallest absolute Gasteiger partial charge is 0.253 e. The summed E-state index contributed by atoms with van der Waals surface area (Å²) in [5.74, 6) is -0.147. The highest BCUT2D eigenvalue weighted by molar-refractivity contribution is 6.01. The summed E-state index contributed by atoms with van der Waals surface area (Å²) in [6.45, 7) is 2.43. The van der Waals surface area contributed by atoms with Crippen LogP contribution < -0.4 is 10.2 Å². The molecule has 23 heavy (non-hydrogen) atoms. The van der Waals surface area contributed by atoms with Crippen molar-refractivity contribution in [2.45, 2.75) is 18.6 Å². The molecule has 2 heterocycles. The van der Waals surface area contributed by atoms with Gasteiger partial charge in [0, 0.05) is 32.4 Å². The first-order valence-corrected chi connectivity index (χ1v) is 7.64. The van der Waals surface area contributed by atoms with Crippen molar-refractivity contribution in [2.24, 2.45) is 0 Å². The molecule has 1 aromatic carbocycles. The van der Waals surface area contributed by atoms with Crippen molar-refractivity contribution in [3.05, 3.63) is 30.3 Å². The Morgan fingerprint density at radius 3 is 2.74 bits per heavy atom. The van der Waals surface area contributed by atoms with E-state index in [0.717, 1.165) is 12.2 Å². The van der Waals surface area contributed by atoms with Gasteiger partial charge in [0.2, 0.25) is 5.91 Å². The van der Waals surface area contributed by atoms with Crippen LogP contribution in [-0.2, 0) is 14.3 Å². The first-order valence-electron chi connectivity index (χ1n) is 7.64. The molecule has 7 heteroatoms. The summed E-state index contributed by atoms with van der Waals surface area (Å²) in [7, 11) is 1.69. The first-order chi connectivity index (χ1) is 10.7. The number of carbonyl (C=O) groups is 2. The van der Waals surface area contributed by atoms with Gasteiger partial charge < -0.3 is 19.9 Å². The molecular weight excluding hydrogens is 318 g/mol. The number of amides is 2. The van der Waals surface area contributed by atoms with Gasteiger partial charge in [-0.15, -0.1) is 12.4 Å². The largest absolute Gasteiger partial charge is 0.366 e. The van der Waals surface area contributed by atoms with E-state index in [1.54, 1.807) is 16.8 Å². The highest BCUT2D eigenvalue weighted by Gasteiger charge is 2.39. The van der Waals surface area contributed by atoms with Gasteiger partial charge in [-0.3, -0.25) is 9.59 Å². The van der Waals surface area contributed by atoms with Crippen LogP contribution in [0.25, 0.3) is 0 Å². The van der Waals surface area contributed by atoms with Gasteiger partial charge in [-0.05, 0) is 18.6 Å². The number of benzene rings is 1. The monoisotopic (exact) mass is 339 g/mol. The maximum Gasteiger partial charge on any atom is 0.253 e. The van der Waals surface area contributed by atoms with Crippen molar-refractivity contribution in [3.63, 3.8) is 0 Å². The van der Waals surface area contributed by atoms with Crippen LogP contribution in [0.4, 0.5) is 5.69 Å². The van der Waals surface area contributed by atoms with Gasteiger partial charge in [-0.1, -0.05) is 18.2 Å². The van der Waals surface area contributed by atoms with Crippen molar-refractivity contribution in [3.8, 4) is 0 Å². The average Bonchev–Trinajstić information content (AvgIpc) is 2.96. The molecule has 126 valence electrons. The van der Waals surface area contributed by atoms with Crippen LogP contribution in [0.1, 0.15) is 6.42 Å². The first kappa shape index (κ1) is 17.7. The molecule has 0 radical (unpaired) electrons. The third-order valence-corrected chi connectivity index (χ3v) is 4.26. The molecule has 0 aromatic heterocycles. The fourth-order valence-electron chi connectivity index (χ4n) is 2.99. The molecule has 3 rings (SSSR count). The molecule has 2 aliphatic heterocycles. The normalized spacial score (nSPS) is 24.2. The highest BCUT2D eigenvalue weighted by Crippen LogP contribution is 2.24. The Balaban J connectivity index is 0.00000192. The number of carbonyl (C=O) groups excluding carboxylic acids is 2. The lowest BCUT2D eigenvalue weighted by atomic mass is 10.2. The summed E-state index contributed by atoms with van der Waals surface area (Å²) in [6, 6.07) is 9.16. The third-order valence-electron chi connectivity index (χ3n) is 4.26. The Bertz CT molecular complexity index is 549. The van der Waals surface area contributed by atoms with Crippen molar-refractivity contribution in [2.75, 3.05) is 38.2 Å².